The number of carbonyl (C=O) groups excluding carboxylic acids is 1. The zero-order valence-electron chi connectivity index (χ0n) is 12.9. The lowest BCUT2D eigenvalue weighted by atomic mass is 9.77. The van der Waals surface area contributed by atoms with Crippen LogP contribution >= 0.6 is 15.9 Å². The number of anilines is 1. The van der Waals surface area contributed by atoms with Crippen LogP contribution in [0.1, 0.15) is 51.5 Å². The summed E-state index contributed by atoms with van der Waals surface area (Å²) in [6.45, 7) is 6.18. The molecule has 1 fully saturated rings. The predicted octanol–water partition coefficient (Wildman–Crippen LogP) is 5.44. The lowest BCUT2D eigenvalue weighted by Gasteiger charge is -2.29. The fourth-order valence-corrected chi connectivity index (χ4v) is 3.85. The Morgan fingerprint density at radius 2 is 2.00 bits per heavy atom. The molecule has 0 spiro atoms. The Balaban J connectivity index is 2.21. The van der Waals surface area contributed by atoms with Gasteiger partial charge in [0.1, 0.15) is 5.82 Å². The Morgan fingerprint density at radius 3 is 2.57 bits per heavy atom. The highest BCUT2D eigenvalue weighted by Crippen LogP contribution is 2.44. The summed E-state index contributed by atoms with van der Waals surface area (Å²) in [6, 6.07) is 3.10. The molecule has 1 saturated carbocycles. The quantitative estimate of drug-likeness (QED) is 0.765. The zero-order valence-corrected chi connectivity index (χ0v) is 14.5. The molecule has 0 heterocycles. The van der Waals surface area contributed by atoms with Gasteiger partial charge >= 0.3 is 0 Å². The molecule has 0 bridgehead atoms. The van der Waals surface area contributed by atoms with Gasteiger partial charge in [0.2, 0.25) is 5.91 Å². The van der Waals surface area contributed by atoms with Crippen LogP contribution in [0.3, 0.4) is 0 Å². The lowest BCUT2D eigenvalue weighted by Crippen LogP contribution is -2.35. The second kappa shape index (κ2) is 6.47. The number of amides is 1. The van der Waals surface area contributed by atoms with Gasteiger partial charge in [-0.2, -0.15) is 0 Å². The Bertz CT molecular complexity index is 536. The van der Waals surface area contributed by atoms with E-state index in [9.17, 15) is 9.18 Å². The third kappa shape index (κ3) is 3.65. The Kier molecular flexibility index (Phi) is 5.07. The molecule has 0 saturated heterocycles. The average Bonchev–Trinajstić information content (AvgIpc) is 2.84. The first-order valence-electron chi connectivity index (χ1n) is 7.61. The van der Waals surface area contributed by atoms with Crippen molar-refractivity contribution >= 4 is 27.5 Å². The molecule has 21 heavy (non-hydrogen) atoms. The van der Waals surface area contributed by atoms with Crippen LogP contribution in [0.5, 0.6) is 0 Å². The van der Waals surface area contributed by atoms with Gasteiger partial charge < -0.3 is 5.32 Å². The van der Waals surface area contributed by atoms with Gasteiger partial charge in [-0.3, -0.25) is 4.79 Å². The van der Waals surface area contributed by atoms with Crippen LogP contribution in [0, 0.1) is 24.1 Å². The molecule has 116 valence electrons. The Morgan fingerprint density at radius 1 is 1.38 bits per heavy atom. The number of carbonyl (C=O) groups is 1. The first-order chi connectivity index (χ1) is 9.84. The predicted molar refractivity (Wildman–Crippen MR) is 87.8 cm³/mol. The molecule has 1 aromatic rings. The molecule has 0 atom stereocenters. The molecule has 1 aliphatic rings. The van der Waals surface area contributed by atoms with Gasteiger partial charge in [0, 0.05) is 11.1 Å². The summed E-state index contributed by atoms with van der Waals surface area (Å²) in [6.07, 6.45) is 4.99. The average molecular weight is 356 g/mol. The van der Waals surface area contributed by atoms with Gasteiger partial charge in [0.05, 0.1) is 4.47 Å². The van der Waals surface area contributed by atoms with E-state index < -0.39 is 0 Å². The molecule has 1 N–H and O–H groups in total. The second-order valence-electron chi connectivity index (χ2n) is 6.62. The summed E-state index contributed by atoms with van der Waals surface area (Å²) >= 11 is 3.17. The molecule has 0 radical (unpaired) electrons. The van der Waals surface area contributed by atoms with Crippen LogP contribution in [0.15, 0.2) is 16.6 Å². The van der Waals surface area contributed by atoms with Gasteiger partial charge in [-0.05, 0) is 65.7 Å². The van der Waals surface area contributed by atoms with Crippen molar-refractivity contribution < 1.29 is 9.18 Å². The minimum atomic E-state index is -0.347. The topological polar surface area (TPSA) is 29.1 Å². The number of aryl methyl sites for hydroxylation is 1. The van der Waals surface area contributed by atoms with E-state index in [2.05, 4.69) is 35.1 Å². The minimum absolute atomic E-state index is 0.0542. The highest BCUT2D eigenvalue weighted by molar-refractivity contribution is 9.10. The summed E-state index contributed by atoms with van der Waals surface area (Å²) < 4.78 is 14.1. The molecule has 0 aromatic heterocycles. The second-order valence-corrected chi connectivity index (χ2v) is 7.48. The number of nitrogens with one attached hydrogen (secondary N) is 1. The highest BCUT2D eigenvalue weighted by atomic mass is 79.9. The van der Waals surface area contributed by atoms with E-state index in [0.29, 0.717) is 16.1 Å². The molecule has 4 heteroatoms. The van der Waals surface area contributed by atoms with Crippen molar-refractivity contribution in [2.75, 3.05) is 5.32 Å². The van der Waals surface area contributed by atoms with E-state index in [1.165, 1.54) is 6.07 Å². The minimum Gasteiger partial charge on any atom is -0.325 e. The maximum absolute atomic E-state index is 13.7. The number of benzene rings is 1. The van der Waals surface area contributed by atoms with Crippen molar-refractivity contribution in [3.8, 4) is 0 Å². The summed E-state index contributed by atoms with van der Waals surface area (Å²) in [5.41, 5.74) is 1.18. The maximum Gasteiger partial charge on any atom is 0.230 e. The molecule has 0 unspecified atom stereocenters. The van der Waals surface area contributed by atoms with Crippen LogP contribution in [-0.4, -0.2) is 5.91 Å². The zero-order chi connectivity index (χ0) is 15.6. The van der Waals surface area contributed by atoms with Crippen molar-refractivity contribution in [2.24, 2.45) is 11.3 Å². The van der Waals surface area contributed by atoms with Crippen LogP contribution in [0.4, 0.5) is 10.1 Å². The highest BCUT2D eigenvalue weighted by Gasteiger charge is 2.41. The number of hydrogen-bond acceptors (Lipinski definition) is 1. The molecular formula is C17H23BrFNO. The van der Waals surface area contributed by atoms with Gasteiger partial charge in [-0.1, -0.05) is 26.7 Å². The summed E-state index contributed by atoms with van der Waals surface area (Å²) in [4.78, 5) is 12.8. The van der Waals surface area contributed by atoms with Crippen molar-refractivity contribution in [3.05, 3.63) is 28.0 Å². The smallest absolute Gasteiger partial charge is 0.230 e. The Labute approximate surface area is 134 Å². The van der Waals surface area contributed by atoms with E-state index in [4.69, 9.17) is 0 Å². The maximum atomic E-state index is 13.7. The van der Waals surface area contributed by atoms with Crippen LogP contribution in [0.2, 0.25) is 0 Å². The summed E-state index contributed by atoms with van der Waals surface area (Å²) in [5, 5.41) is 2.97. The molecular weight excluding hydrogens is 333 g/mol. The van der Waals surface area contributed by atoms with Crippen LogP contribution in [0.25, 0.3) is 0 Å². The molecule has 1 amide bonds. The fraction of sp³-hybridized carbons (Fsp3) is 0.588. The monoisotopic (exact) mass is 355 g/mol. The van der Waals surface area contributed by atoms with Gasteiger partial charge in [0.15, 0.2) is 0 Å². The van der Waals surface area contributed by atoms with Crippen molar-refractivity contribution in [1.29, 1.82) is 0 Å². The van der Waals surface area contributed by atoms with E-state index in [1.807, 2.05) is 6.92 Å². The normalized spacial score (nSPS) is 17.2. The van der Waals surface area contributed by atoms with Gasteiger partial charge in [0.25, 0.3) is 0 Å². The standard InChI is InChI=1S/C17H23BrFNO/c1-11(2)10-17(6-4-5-7-17)16(21)20-15-9-14(19)13(18)8-12(15)3/h8-9,11H,4-7,10H2,1-3H3,(H,20,21). The van der Waals surface area contributed by atoms with E-state index in [-0.39, 0.29) is 17.1 Å². The van der Waals surface area contributed by atoms with E-state index in [0.717, 1.165) is 37.7 Å². The van der Waals surface area contributed by atoms with Gasteiger partial charge in [-0.15, -0.1) is 0 Å². The summed E-state index contributed by atoms with van der Waals surface area (Å²) in [5.74, 6) is 0.190. The van der Waals surface area contributed by atoms with E-state index >= 15 is 0 Å². The lowest BCUT2D eigenvalue weighted by molar-refractivity contribution is -0.126. The van der Waals surface area contributed by atoms with Crippen LogP contribution in [-0.2, 0) is 4.79 Å². The molecule has 2 rings (SSSR count). The number of halogens is 2. The molecule has 0 aliphatic heterocycles. The largest absolute Gasteiger partial charge is 0.325 e. The third-order valence-electron chi connectivity index (χ3n) is 4.36. The summed E-state index contributed by atoms with van der Waals surface area (Å²) in [7, 11) is 0. The molecule has 2 nitrogen and oxygen atoms in total. The third-order valence-corrected chi connectivity index (χ3v) is 4.96. The van der Waals surface area contributed by atoms with Crippen molar-refractivity contribution in [1.82, 2.24) is 0 Å². The first kappa shape index (κ1) is 16.5. The SMILES string of the molecule is Cc1cc(Br)c(F)cc1NC(=O)C1(CC(C)C)CCCC1. The number of hydrogen-bond donors (Lipinski definition) is 1. The molecule has 1 aromatic carbocycles. The fourth-order valence-electron chi connectivity index (χ4n) is 3.39. The first-order valence-corrected chi connectivity index (χ1v) is 8.40. The van der Waals surface area contributed by atoms with Gasteiger partial charge in [-0.25, -0.2) is 4.39 Å². The van der Waals surface area contributed by atoms with E-state index in [1.54, 1.807) is 6.07 Å². The van der Waals surface area contributed by atoms with Crippen molar-refractivity contribution in [3.63, 3.8) is 0 Å². The number of rotatable bonds is 4. The van der Waals surface area contributed by atoms with Crippen LogP contribution < -0.4 is 5.32 Å². The molecule has 1 aliphatic carbocycles. The Hall–Kier alpha value is -0.900. The van der Waals surface area contributed by atoms with Crippen molar-refractivity contribution in [2.45, 2.75) is 52.9 Å².